The first-order chi connectivity index (χ1) is 15.4. The van der Waals surface area contributed by atoms with E-state index in [-0.39, 0.29) is 6.10 Å². The summed E-state index contributed by atoms with van der Waals surface area (Å²) >= 11 is 0. The molecule has 0 heterocycles. The Balaban J connectivity index is 1.78. The second-order valence-corrected chi connectivity index (χ2v) is 9.03. The highest BCUT2D eigenvalue weighted by Gasteiger charge is 2.07. The molecule has 0 radical (unpaired) electrons. The van der Waals surface area contributed by atoms with E-state index in [1.165, 1.54) is 102 Å². The summed E-state index contributed by atoms with van der Waals surface area (Å²) in [5, 5.41) is 0. The molecule has 0 aromatic heterocycles. The molecule has 0 aliphatic carbocycles. The van der Waals surface area contributed by atoms with Gasteiger partial charge in [-0.15, -0.1) is 0 Å². The van der Waals surface area contributed by atoms with Gasteiger partial charge in [0.2, 0.25) is 0 Å². The molecule has 1 unspecified atom stereocenters. The van der Waals surface area contributed by atoms with Crippen molar-refractivity contribution < 1.29 is 9.47 Å². The molecule has 0 aliphatic rings. The largest absolute Gasteiger partial charge is 0.379 e. The van der Waals surface area contributed by atoms with Crippen molar-refractivity contribution in [3.05, 3.63) is 35.9 Å². The minimum atomic E-state index is -0.0127. The third-order valence-corrected chi connectivity index (χ3v) is 6.04. The maximum absolute atomic E-state index is 5.86. The van der Waals surface area contributed by atoms with Crippen LogP contribution in [0.2, 0.25) is 0 Å². The molecule has 3 heteroatoms. The Morgan fingerprint density at radius 1 is 0.677 bits per heavy atom. The van der Waals surface area contributed by atoms with E-state index in [0.29, 0.717) is 19.8 Å². The first-order valence-electron chi connectivity index (χ1n) is 13.3. The topological polar surface area (TPSA) is 44.5 Å². The van der Waals surface area contributed by atoms with Gasteiger partial charge in [-0.25, -0.2) is 0 Å². The predicted molar refractivity (Wildman–Crippen MR) is 134 cm³/mol. The molecule has 0 fully saturated rings. The van der Waals surface area contributed by atoms with Crippen molar-refractivity contribution in [2.45, 2.75) is 122 Å². The number of ether oxygens (including phenoxy) is 2. The van der Waals surface area contributed by atoms with Crippen molar-refractivity contribution in [3.8, 4) is 0 Å². The summed E-state index contributed by atoms with van der Waals surface area (Å²) in [5.41, 5.74) is 6.99. The summed E-state index contributed by atoms with van der Waals surface area (Å²) in [6, 6.07) is 10.2. The zero-order chi connectivity index (χ0) is 22.2. The number of unbranched alkanes of at least 4 members (excludes halogenated alkanes) is 15. The van der Waals surface area contributed by atoms with Gasteiger partial charge in [0.05, 0.1) is 19.3 Å². The van der Waals surface area contributed by atoms with Gasteiger partial charge in [0.25, 0.3) is 0 Å². The van der Waals surface area contributed by atoms with Crippen LogP contribution in [0.4, 0.5) is 0 Å². The van der Waals surface area contributed by atoms with E-state index >= 15 is 0 Å². The average Bonchev–Trinajstić information content (AvgIpc) is 2.81. The number of benzene rings is 1. The van der Waals surface area contributed by atoms with Gasteiger partial charge in [-0.1, -0.05) is 134 Å². The number of rotatable bonds is 23. The van der Waals surface area contributed by atoms with Crippen LogP contribution in [-0.4, -0.2) is 25.9 Å². The van der Waals surface area contributed by atoms with Crippen LogP contribution >= 0.6 is 0 Å². The Labute approximate surface area is 193 Å². The molecule has 2 N–H and O–H groups in total. The van der Waals surface area contributed by atoms with Gasteiger partial charge in [-0.2, -0.15) is 0 Å². The molecule has 31 heavy (non-hydrogen) atoms. The lowest BCUT2D eigenvalue weighted by Gasteiger charge is -2.16. The Bertz CT molecular complexity index is 465. The van der Waals surface area contributed by atoms with E-state index in [1.807, 2.05) is 18.2 Å². The normalized spacial score (nSPS) is 12.3. The first kappa shape index (κ1) is 28.1. The number of nitrogens with two attached hydrogens (primary N) is 1. The van der Waals surface area contributed by atoms with E-state index in [2.05, 4.69) is 19.1 Å². The molecule has 0 spiro atoms. The fourth-order valence-corrected chi connectivity index (χ4v) is 3.94. The standard InChI is InChI=1S/C28H51NO2/c1-2-3-4-5-6-7-8-9-10-11-12-13-14-15-16-20-23-30-26-28(24-29)31-25-27-21-18-17-19-22-27/h17-19,21-22,28H,2-16,20,23-26,29H2,1H3. The third-order valence-electron chi connectivity index (χ3n) is 6.04. The van der Waals surface area contributed by atoms with E-state index in [1.54, 1.807) is 0 Å². The monoisotopic (exact) mass is 433 g/mol. The maximum atomic E-state index is 5.86. The van der Waals surface area contributed by atoms with Crippen LogP contribution in [0.25, 0.3) is 0 Å². The van der Waals surface area contributed by atoms with Crippen LogP contribution in [0, 0.1) is 0 Å². The van der Waals surface area contributed by atoms with Crippen molar-refractivity contribution in [1.29, 1.82) is 0 Å². The zero-order valence-corrected chi connectivity index (χ0v) is 20.5. The number of hydrogen-bond acceptors (Lipinski definition) is 3. The SMILES string of the molecule is CCCCCCCCCCCCCCCCCCOCC(CN)OCc1ccccc1. The fourth-order valence-electron chi connectivity index (χ4n) is 3.94. The highest BCUT2D eigenvalue weighted by molar-refractivity contribution is 5.13. The van der Waals surface area contributed by atoms with Crippen molar-refractivity contribution >= 4 is 0 Å². The third kappa shape index (κ3) is 18.4. The smallest absolute Gasteiger partial charge is 0.0934 e. The lowest BCUT2D eigenvalue weighted by molar-refractivity contribution is -0.0203. The molecule has 180 valence electrons. The Kier molecular flexibility index (Phi) is 20.2. The summed E-state index contributed by atoms with van der Waals surface area (Å²) in [5.74, 6) is 0. The molecule has 3 nitrogen and oxygen atoms in total. The molecule has 0 bridgehead atoms. The number of hydrogen-bond donors (Lipinski definition) is 1. The lowest BCUT2D eigenvalue weighted by Crippen LogP contribution is -2.29. The van der Waals surface area contributed by atoms with Crippen molar-refractivity contribution in [2.75, 3.05) is 19.8 Å². The van der Waals surface area contributed by atoms with Gasteiger partial charge < -0.3 is 15.2 Å². The van der Waals surface area contributed by atoms with Gasteiger partial charge in [0, 0.05) is 13.2 Å². The Morgan fingerprint density at radius 2 is 1.16 bits per heavy atom. The molecule has 0 aliphatic heterocycles. The molecular formula is C28H51NO2. The summed E-state index contributed by atoms with van der Waals surface area (Å²) in [6.07, 6.45) is 22.3. The van der Waals surface area contributed by atoms with E-state index < -0.39 is 0 Å². The highest BCUT2D eigenvalue weighted by Crippen LogP contribution is 2.13. The van der Waals surface area contributed by atoms with Crippen LogP contribution in [0.1, 0.15) is 115 Å². The van der Waals surface area contributed by atoms with Crippen LogP contribution < -0.4 is 5.73 Å². The molecule has 0 saturated carbocycles. The van der Waals surface area contributed by atoms with Crippen LogP contribution in [0.5, 0.6) is 0 Å². The second kappa shape index (κ2) is 22.3. The summed E-state index contributed by atoms with van der Waals surface area (Å²) < 4.78 is 11.6. The minimum absolute atomic E-state index is 0.0127. The molecule has 1 rings (SSSR count). The van der Waals surface area contributed by atoms with Crippen LogP contribution in [0.15, 0.2) is 30.3 Å². The van der Waals surface area contributed by atoms with Crippen LogP contribution in [0.3, 0.4) is 0 Å². The summed E-state index contributed by atoms with van der Waals surface area (Å²) in [6.45, 7) is 4.82. The lowest BCUT2D eigenvalue weighted by atomic mass is 10.0. The molecule has 1 atom stereocenters. The van der Waals surface area contributed by atoms with Gasteiger partial charge >= 0.3 is 0 Å². The van der Waals surface area contributed by atoms with E-state index in [9.17, 15) is 0 Å². The second-order valence-electron chi connectivity index (χ2n) is 9.03. The summed E-state index contributed by atoms with van der Waals surface area (Å²) in [4.78, 5) is 0. The first-order valence-corrected chi connectivity index (χ1v) is 13.3. The van der Waals surface area contributed by atoms with Gasteiger partial charge in [-0.3, -0.25) is 0 Å². The van der Waals surface area contributed by atoms with Crippen LogP contribution in [-0.2, 0) is 16.1 Å². The highest BCUT2D eigenvalue weighted by atomic mass is 16.5. The zero-order valence-electron chi connectivity index (χ0n) is 20.5. The predicted octanol–water partition coefficient (Wildman–Crippen LogP) is 7.81. The van der Waals surface area contributed by atoms with E-state index in [0.717, 1.165) is 13.0 Å². The Hall–Kier alpha value is -0.900. The fraction of sp³-hybridized carbons (Fsp3) is 0.786. The molecule has 1 aromatic rings. The molecule has 0 saturated heterocycles. The molecule has 1 aromatic carbocycles. The van der Waals surface area contributed by atoms with Gasteiger partial charge in [-0.05, 0) is 12.0 Å². The molecular weight excluding hydrogens is 382 g/mol. The molecule has 0 amide bonds. The van der Waals surface area contributed by atoms with Crippen molar-refractivity contribution in [1.82, 2.24) is 0 Å². The Morgan fingerprint density at radius 3 is 1.65 bits per heavy atom. The average molecular weight is 434 g/mol. The van der Waals surface area contributed by atoms with Gasteiger partial charge in [0.15, 0.2) is 0 Å². The van der Waals surface area contributed by atoms with Gasteiger partial charge in [0.1, 0.15) is 0 Å². The maximum Gasteiger partial charge on any atom is 0.0934 e. The summed E-state index contributed by atoms with van der Waals surface area (Å²) in [7, 11) is 0. The van der Waals surface area contributed by atoms with E-state index in [4.69, 9.17) is 15.2 Å². The minimum Gasteiger partial charge on any atom is -0.379 e. The van der Waals surface area contributed by atoms with Crippen molar-refractivity contribution in [3.63, 3.8) is 0 Å². The quantitative estimate of drug-likeness (QED) is 0.179. The van der Waals surface area contributed by atoms with Crippen molar-refractivity contribution in [2.24, 2.45) is 5.73 Å².